The summed E-state index contributed by atoms with van der Waals surface area (Å²) in [6.07, 6.45) is 1.10. The largest absolute Gasteiger partial charge is 0.424 e. The number of aryl methyl sites for hydroxylation is 1. The second kappa shape index (κ2) is 7.94. The second-order valence-electron chi connectivity index (χ2n) is 9.26. The molecule has 1 saturated heterocycles. The van der Waals surface area contributed by atoms with Crippen LogP contribution in [-0.2, 0) is 0 Å². The van der Waals surface area contributed by atoms with Crippen LogP contribution in [0.1, 0.15) is 22.3 Å². The summed E-state index contributed by atoms with van der Waals surface area (Å²) in [5.41, 5.74) is 3.74. The molecule has 1 N–H and O–H groups in total. The smallest absolute Gasteiger partial charge is 0.295 e. The summed E-state index contributed by atoms with van der Waals surface area (Å²) in [6, 6.07) is 16.8. The Morgan fingerprint density at radius 1 is 1.12 bits per heavy atom. The maximum Gasteiger partial charge on any atom is 0.295 e. The number of likely N-dealkylation sites (tertiary alicyclic amines) is 1. The van der Waals surface area contributed by atoms with Crippen LogP contribution in [0.4, 0.5) is 14.8 Å². The van der Waals surface area contributed by atoms with Crippen molar-refractivity contribution >= 4 is 23.0 Å². The van der Waals surface area contributed by atoms with Crippen molar-refractivity contribution in [3.63, 3.8) is 0 Å². The first kappa shape index (κ1) is 20.8. The van der Waals surface area contributed by atoms with Crippen LogP contribution in [0.25, 0.3) is 22.2 Å². The molecule has 1 aliphatic heterocycles. The number of benzene rings is 3. The zero-order valence-electron chi connectivity index (χ0n) is 18.6. The minimum atomic E-state index is -0.670. The number of hydrogen-bond acceptors (Lipinski definition) is 4. The Hall–Kier alpha value is -3.74. The molecule has 6 rings (SSSR count). The Bertz CT molecular complexity index is 1360. The lowest BCUT2D eigenvalue weighted by Crippen LogP contribution is -2.42. The fraction of sp³-hybridized carbons (Fsp3) is 0.259. The highest BCUT2D eigenvalue weighted by Gasteiger charge is 2.54. The van der Waals surface area contributed by atoms with Crippen LogP contribution in [0, 0.1) is 30.4 Å². The summed E-state index contributed by atoms with van der Waals surface area (Å²) in [5, 5.41) is 3.27. The van der Waals surface area contributed by atoms with E-state index < -0.39 is 11.6 Å². The molecule has 0 bridgehead atoms. The van der Waals surface area contributed by atoms with Gasteiger partial charge in [-0.3, -0.25) is 4.79 Å². The van der Waals surface area contributed by atoms with Gasteiger partial charge < -0.3 is 14.6 Å². The standard InChI is InChI=1S/C27H23F2N3O2/c1-15-6-7-20(16-9-18(28)12-19(29)10-16)22(8-15)26(33)32-14-17-11-21(17)24(32)13-30-27-31-23-4-2-3-5-25(23)34-27/h2-10,12,17,21,24H,11,13-14H2,1H3,(H,30,31)/t17?,21-,24-/m1/s1. The number of para-hydroxylation sites is 2. The molecular weight excluding hydrogens is 436 g/mol. The molecule has 3 atom stereocenters. The van der Waals surface area contributed by atoms with Gasteiger partial charge in [-0.1, -0.05) is 29.8 Å². The van der Waals surface area contributed by atoms with Crippen molar-refractivity contribution in [2.24, 2.45) is 11.8 Å². The summed E-state index contributed by atoms with van der Waals surface area (Å²) in [4.78, 5) is 20.1. The maximum atomic E-state index is 13.9. The first-order valence-corrected chi connectivity index (χ1v) is 11.4. The number of fused-ring (bicyclic) bond motifs is 2. The van der Waals surface area contributed by atoms with Gasteiger partial charge in [0, 0.05) is 24.7 Å². The highest BCUT2D eigenvalue weighted by atomic mass is 19.1. The van der Waals surface area contributed by atoms with Gasteiger partial charge in [0.25, 0.3) is 11.9 Å². The number of hydrogen-bond donors (Lipinski definition) is 1. The van der Waals surface area contributed by atoms with Crippen molar-refractivity contribution in [3.05, 3.63) is 83.4 Å². The maximum absolute atomic E-state index is 13.9. The van der Waals surface area contributed by atoms with Crippen molar-refractivity contribution in [2.45, 2.75) is 19.4 Å². The number of piperidine rings is 1. The molecule has 1 aliphatic carbocycles. The lowest BCUT2D eigenvalue weighted by atomic mass is 9.96. The van der Waals surface area contributed by atoms with Crippen molar-refractivity contribution in [1.82, 2.24) is 9.88 Å². The number of amides is 1. The van der Waals surface area contributed by atoms with E-state index in [2.05, 4.69) is 10.3 Å². The fourth-order valence-electron chi connectivity index (χ4n) is 5.16. The van der Waals surface area contributed by atoms with E-state index in [0.717, 1.165) is 23.6 Å². The van der Waals surface area contributed by atoms with Crippen LogP contribution in [0.5, 0.6) is 0 Å². The molecule has 0 spiro atoms. The van der Waals surface area contributed by atoms with Gasteiger partial charge in [-0.15, -0.1) is 0 Å². The lowest BCUT2D eigenvalue weighted by Gasteiger charge is -2.28. The number of nitrogens with one attached hydrogen (secondary N) is 1. The van der Waals surface area contributed by atoms with Gasteiger partial charge in [-0.05, 0) is 66.6 Å². The molecule has 5 nitrogen and oxygen atoms in total. The minimum Gasteiger partial charge on any atom is -0.424 e. The van der Waals surface area contributed by atoms with E-state index in [1.165, 1.54) is 12.1 Å². The summed E-state index contributed by atoms with van der Waals surface area (Å²) >= 11 is 0. The molecular formula is C27H23F2N3O2. The van der Waals surface area contributed by atoms with Gasteiger partial charge in [0.1, 0.15) is 17.2 Å². The third kappa shape index (κ3) is 3.71. The van der Waals surface area contributed by atoms with E-state index in [9.17, 15) is 13.6 Å². The SMILES string of the molecule is Cc1ccc(-c2cc(F)cc(F)c2)c(C(=O)N2CC3C[C@H]3[C@H]2CNc2nc3ccccc3o2)c1. The molecule has 4 aromatic rings. The molecule has 1 saturated carbocycles. The van der Waals surface area contributed by atoms with Crippen LogP contribution in [0.15, 0.2) is 65.1 Å². The molecule has 7 heteroatoms. The van der Waals surface area contributed by atoms with Gasteiger partial charge >= 0.3 is 0 Å². The molecule has 34 heavy (non-hydrogen) atoms. The van der Waals surface area contributed by atoms with Crippen molar-refractivity contribution in [3.8, 4) is 11.1 Å². The third-order valence-electron chi connectivity index (χ3n) is 6.90. The Balaban J connectivity index is 1.28. The molecule has 3 aromatic carbocycles. The fourth-order valence-corrected chi connectivity index (χ4v) is 5.16. The lowest BCUT2D eigenvalue weighted by molar-refractivity contribution is 0.0715. The van der Waals surface area contributed by atoms with Gasteiger partial charge in [0.2, 0.25) is 0 Å². The minimum absolute atomic E-state index is 0.00915. The Morgan fingerprint density at radius 3 is 2.71 bits per heavy atom. The third-order valence-corrected chi connectivity index (χ3v) is 6.90. The number of nitrogens with zero attached hydrogens (tertiary/aromatic N) is 2. The number of rotatable bonds is 5. The summed E-state index contributed by atoms with van der Waals surface area (Å²) < 4.78 is 33.6. The van der Waals surface area contributed by atoms with Crippen LogP contribution >= 0.6 is 0 Å². The predicted molar refractivity (Wildman–Crippen MR) is 125 cm³/mol. The van der Waals surface area contributed by atoms with E-state index in [1.807, 2.05) is 42.2 Å². The van der Waals surface area contributed by atoms with Crippen LogP contribution in [-0.4, -0.2) is 34.9 Å². The molecule has 1 amide bonds. The van der Waals surface area contributed by atoms with Crippen molar-refractivity contribution in [1.29, 1.82) is 0 Å². The summed E-state index contributed by atoms with van der Waals surface area (Å²) in [7, 11) is 0. The Kier molecular flexibility index (Phi) is 4.86. The number of anilines is 1. The molecule has 172 valence electrons. The van der Waals surface area contributed by atoms with E-state index in [-0.39, 0.29) is 11.9 Å². The summed E-state index contributed by atoms with van der Waals surface area (Å²) in [6.45, 7) is 3.10. The van der Waals surface area contributed by atoms with E-state index >= 15 is 0 Å². The zero-order chi connectivity index (χ0) is 23.4. The van der Waals surface area contributed by atoms with Crippen molar-refractivity contribution in [2.75, 3.05) is 18.4 Å². The zero-order valence-corrected chi connectivity index (χ0v) is 18.6. The van der Waals surface area contributed by atoms with Gasteiger partial charge in [-0.2, -0.15) is 4.98 Å². The normalized spacial score (nSPS) is 21.0. The van der Waals surface area contributed by atoms with Gasteiger partial charge in [0.05, 0.1) is 6.04 Å². The van der Waals surface area contributed by atoms with Gasteiger partial charge in [-0.25, -0.2) is 8.78 Å². The molecule has 2 fully saturated rings. The Labute approximate surface area is 195 Å². The number of aromatic nitrogens is 1. The summed E-state index contributed by atoms with van der Waals surface area (Å²) in [5.74, 6) is -0.548. The molecule has 2 aliphatic rings. The molecule has 1 unspecified atom stereocenters. The van der Waals surface area contributed by atoms with E-state index in [0.29, 0.717) is 53.2 Å². The Morgan fingerprint density at radius 2 is 1.91 bits per heavy atom. The first-order valence-electron chi connectivity index (χ1n) is 11.4. The average molecular weight is 459 g/mol. The molecule has 2 heterocycles. The van der Waals surface area contributed by atoms with Crippen LogP contribution < -0.4 is 5.32 Å². The van der Waals surface area contributed by atoms with Crippen LogP contribution in [0.3, 0.4) is 0 Å². The quantitative estimate of drug-likeness (QED) is 0.419. The topological polar surface area (TPSA) is 58.4 Å². The van der Waals surface area contributed by atoms with Gasteiger partial charge in [0.15, 0.2) is 5.58 Å². The number of oxazole rings is 1. The second-order valence-corrected chi connectivity index (χ2v) is 9.26. The van der Waals surface area contributed by atoms with Crippen molar-refractivity contribution < 1.29 is 18.0 Å². The predicted octanol–water partition coefficient (Wildman–Crippen LogP) is 5.65. The highest BCUT2D eigenvalue weighted by molar-refractivity contribution is 6.01. The number of halogens is 2. The highest BCUT2D eigenvalue weighted by Crippen LogP contribution is 2.50. The van der Waals surface area contributed by atoms with Crippen LogP contribution in [0.2, 0.25) is 0 Å². The number of carbonyl (C=O) groups excluding carboxylic acids is 1. The number of carbonyl (C=O) groups is 1. The first-order chi connectivity index (χ1) is 16.5. The van der Waals surface area contributed by atoms with E-state index in [1.54, 1.807) is 12.1 Å². The van der Waals surface area contributed by atoms with E-state index in [4.69, 9.17) is 4.42 Å². The molecule has 0 radical (unpaired) electrons. The average Bonchev–Trinajstić information content (AvgIpc) is 3.30. The molecule has 1 aromatic heterocycles. The monoisotopic (exact) mass is 459 g/mol.